The predicted molar refractivity (Wildman–Crippen MR) is 168 cm³/mol. The van der Waals surface area contributed by atoms with Crippen LogP contribution in [-0.2, 0) is 42.1 Å². The van der Waals surface area contributed by atoms with Crippen LogP contribution in [0.15, 0.2) is 146 Å². The van der Waals surface area contributed by atoms with Crippen LogP contribution in [0, 0.1) is 26.0 Å². The Labute approximate surface area is 278 Å². The molecule has 206 valence electrons. The van der Waals surface area contributed by atoms with Crippen LogP contribution in [-0.4, -0.2) is 0 Å². The molecule has 6 aromatic carbocycles. The van der Waals surface area contributed by atoms with E-state index in [4.69, 9.17) is 0 Å². The second-order valence-electron chi connectivity index (χ2n) is 9.95. The molecule has 0 aliphatic carbocycles. The van der Waals surface area contributed by atoms with Gasteiger partial charge in [0.1, 0.15) is 0 Å². The molecule has 0 saturated carbocycles. The van der Waals surface area contributed by atoms with Gasteiger partial charge in [0.05, 0.1) is 0 Å². The average Bonchev–Trinajstić information content (AvgIpc) is 3.01. The summed E-state index contributed by atoms with van der Waals surface area (Å²) in [6, 6.07) is 57.3. The van der Waals surface area contributed by atoms with Gasteiger partial charge < -0.3 is 9.80 Å². The van der Waals surface area contributed by atoms with Gasteiger partial charge in [-0.25, -0.2) is 0 Å². The molecule has 0 aliphatic rings. The number of aryl methyl sites for hydroxylation is 2. The molecule has 0 spiro atoms. The Morgan fingerprint density at radius 3 is 0.857 bits per heavy atom. The van der Waals surface area contributed by atoms with Crippen LogP contribution in [0.3, 0.4) is 0 Å². The summed E-state index contributed by atoms with van der Waals surface area (Å²) in [5.74, 6) is 0. The Kier molecular flexibility index (Phi) is 10.8. The summed E-state index contributed by atoms with van der Waals surface area (Å²) in [4.78, 5) is 4.55. The molecule has 42 heavy (non-hydrogen) atoms. The van der Waals surface area contributed by atoms with Crippen LogP contribution >= 0.6 is 0 Å². The summed E-state index contributed by atoms with van der Waals surface area (Å²) >= 11 is 0. The fraction of sp³-hybridized carbons (Fsp3) is 0.0526. The van der Waals surface area contributed by atoms with Crippen molar-refractivity contribution in [3.8, 4) is 11.1 Å². The molecule has 0 aromatic heterocycles. The molecule has 2 nitrogen and oxygen atoms in total. The van der Waals surface area contributed by atoms with E-state index in [1.54, 1.807) is 0 Å². The van der Waals surface area contributed by atoms with Gasteiger partial charge in [-0.1, -0.05) is 71.0 Å². The van der Waals surface area contributed by atoms with Crippen molar-refractivity contribution in [3.63, 3.8) is 0 Å². The van der Waals surface area contributed by atoms with E-state index in [0.717, 1.165) is 34.1 Å². The van der Waals surface area contributed by atoms with Gasteiger partial charge in [-0.2, -0.15) is 36.4 Å². The molecule has 0 unspecified atom stereocenters. The third kappa shape index (κ3) is 7.01. The van der Waals surface area contributed by atoms with E-state index in [1.807, 2.05) is 24.3 Å². The molecule has 0 amide bonds. The van der Waals surface area contributed by atoms with E-state index in [9.17, 15) is 0 Å². The van der Waals surface area contributed by atoms with Crippen LogP contribution in [0.1, 0.15) is 11.1 Å². The maximum atomic E-state index is 3.13. The van der Waals surface area contributed by atoms with E-state index in [-0.39, 0.29) is 42.1 Å². The predicted octanol–water partition coefficient (Wildman–Crippen LogP) is 10.5. The monoisotopic (exact) mass is 882 g/mol. The van der Waals surface area contributed by atoms with E-state index in [2.05, 4.69) is 157 Å². The number of nitrogens with zero attached hydrogens (tertiary/aromatic N) is 2. The summed E-state index contributed by atoms with van der Waals surface area (Å²) in [6.45, 7) is 4.23. The largest absolute Gasteiger partial charge is 0.334 e. The second kappa shape index (κ2) is 14.5. The zero-order valence-corrected chi connectivity index (χ0v) is 29.4. The molecule has 0 radical (unpaired) electrons. The van der Waals surface area contributed by atoms with E-state index < -0.39 is 0 Å². The summed E-state index contributed by atoms with van der Waals surface area (Å²) < 4.78 is 0. The fourth-order valence-electron chi connectivity index (χ4n) is 4.94. The normalized spacial score (nSPS) is 10.2. The molecule has 0 bridgehead atoms. The van der Waals surface area contributed by atoms with Gasteiger partial charge in [-0.05, 0) is 73.5 Å². The first-order valence-electron chi connectivity index (χ1n) is 13.5. The van der Waals surface area contributed by atoms with Crippen molar-refractivity contribution in [1.29, 1.82) is 0 Å². The maximum Gasteiger partial charge on any atom is 0.0438 e. The second-order valence-corrected chi connectivity index (χ2v) is 9.95. The molecule has 6 aromatic rings. The van der Waals surface area contributed by atoms with Crippen LogP contribution < -0.4 is 9.80 Å². The Morgan fingerprint density at radius 2 is 0.571 bits per heavy atom. The van der Waals surface area contributed by atoms with Crippen LogP contribution in [0.4, 0.5) is 34.1 Å². The maximum absolute atomic E-state index is 3.13. The molecular weight excluding hydrogens is 852 g/mol. The zero-order chi connectivity index (χ0) is 27.3. The minimum atomic E-state index is 0. The number of benzene rings is 6. The van der Waals surface area contributed by atoms with Gasteiger partial charge in [0.25, 0.3) is 0 Å². The third-order valence-corrected chi connectivity index (χ3v) is 7.09. The minimum Gasteiger partial charge on any atom is -0.334 e. The molecule has 0 fully saturated rings. The van der Waals surface area contributed by atoms with Gasteiger partial charge in [-0.15, -0.1) is 24.3 Å². The first kappa shape index (κ1) is 31.2. The molecule has 0 atom stereocenters. The van der Waals surface area contributed by atoms with Crippen molar-refractivity contribution in [2.45, 2.75) is 13.8 Å². The first-order valence-corrected chi connectivity index (χ1v) is 13.5. The molecular formula is C38H30N2W2-2. The quantitative estimate of drug-likeness (QED) is 0.147. The standard InChI is InChI=1S/C38H30N2.2W/c1-29-13-21-35(22-14-29)39(33-9-5-3-6-10-33)37-25-17-31(18-26-37)32-19-27-38(28-20-32)40(34-11-7-4-8-12-34)36-23-15-30(2)16-24-36;;/h5-28H,1-2H3;;/q-2;;. The van der Waals surface area contributed by atoms with Gasteiger partial charge >= 0.3 is 0 Å². The Morgan fingerprint density at radius 1 is 0.333 bits per heavy atom. The van der Waals surface area contributed by atoms with E-state index >= 15 is 0 Å². The average molecular weight is 882 g/mol. The molecule has 4 heteroatoms. The molecule has 6 rings (SSSR count). The Balaban J connectivity index is 0.00000202. The zero-order valence-electron chi connectivity index (χ0n) is 23.6. The number of rotatable bonds is 7. The summed E-state index contributed by atoms with van der Waals surface area (Å²) in [6.07, 6.45) is 0. The van der Waals surface area contributed by atoms with Gasteiger partial charge in [0.2, 0.25) is 0 Å². The molecule has 0 N–H and O–H groups in total. The van der Waals surface area contributed by atoms with Crippen molar-refractivity contribution < 1.29 is 42.1 Å². The number of hydrogen-bond acceptors (Lipinski definition) is 2. The van der Waals surface area contributed by atoms with Gasteiger partial charge in [-0.3, -0.25) is 0 Å². The van der Waals surface area contributed by atoms with Crippen molar-refractivity contribution in [2.75, 3.05) is 9.80 Å². The van der Waals surface area contributed by atoms with Crippen molar-refractivity contribution in [2.24, 2.45) is 0 Å². The first-order chi connectivity index (χ1) is 19.7. The third-order valence-electron chi connectivity index (χ3n) is 7.09. The fourth-order valence-corrected chi connectivity index (χ4v) is 4.94. The van der Waals surface area contributed by atoms with Crippen LogP contribution in [0.25, 0.3) is 11.1 Å². The summed E-state index contributed by atoms with van der Waals surface area (Å²) in [5, 5.41) is 0. The van der Waals surface area contributed by atoms with Gasteiger partial charge in [0, 0.05) is 64.9 Å². The summed E-state index contributed by atoms with van der Waals surface area (Å²) in [7, 11) is 0. The smallest absolute Gasteiger partial charge is 0.0438 e. The molecule has 0 saturated heterocycles. The minimum absolute atomic E-state index is 0. The Hall–Kier alpha value is -3.70. The Bertz CT molecular complexity index is 1540. The van der Waals surface area contributed by atoms with E-state index in [1.165, 1.54) is 22.3 Å². The van der Waals surface area contributed by atoms with Crippen molar-refractivity contribution in [3.05, 3.63) is 169 Å². The van der Waals surface area contributed by atoms with Crippen LogP contribution in [0.5, 0.6) is 0 Å². The van der Waals surface area contributed by atoms with Crippen molar-refractivity contribution in [1.82, 2.24) is 0 Å². The van der Waals surface area contributed by atoms with Crippen molar-refractivity contribution >= 4 is 34.1 Å². The number of hydrogen-bond donors (Lipinski definition) is 0. The number of anilines is 6. The van der Waals surface area contributed by atoms with E-state index in [0.29, 0.717) is 0 Å². The summed E-state index contributed by atoms with van der Waals surface area (Å²) in [5.41, 5.74) is 11.5. The topological polar surface area (TPSA) is 6.48 Å². The van der Waals surface area contributed by atoms with Crippen LogP contribution in [0.2, 0.25) is 0 Å². The SMILES string of the molecule is Cc1ccc(N(c2cc[c-]cc2)c2ccc(-c3ccc(N(c4cc[c-]cc4)c4ccc(C)cc4)cc3)cc2)cc1.[W].[W]. The molecule has 0 aliphatic heterocycles. The molecule has 0 heterocycles. The van der Waals surface area contributed by atoms with Gasteiger partial charge in [0.15, 0.2) is 0 Å².